The number of pyridine rings is 1. The van der Waals surface area contributed by atoms with Gasteiger partial charge in [0.05, 0.1) is 5.71 Å². The molecule has 0 spiro atoms. The minimum atomic E-state index is 0.288. The molecule has 0 atom stereocenters. The zero-order valence-electron chi connectivity index (χ0n) is 21.9. The number of piperidine rings is 2. The minimum Gasteiger partial charge on any atom is -0.460 e. The number of amides is 1. The van der Waals surface area contributed by atoms with Crippen molar-refractivity contribution in [2.24, 2.45) is 5.16 Å². The maximum Gasteiger partial charge on any atom is 0.223 e. The third-order valence-corrected chi connectivity index (χ3v) is 8.51. The Morgan fingerprint density at radius 3 is 2.50 bits per heavy atom. The molecule has 38 heavy (non-hydrogen) atoms. The molecule has 0 saturated carbocycles. The Kier molecular flexibility index (Phi) is 7.27. The lowest BCUT2D eigenvalue weighted by atomic mass is 9.92. The summed E-state index contributed by atoms with van der Waals surface area (Å²) in [5, 5.41) is 12.8. The zero-order valence-corrected chi connectivity index (χ0v) is 21.9. The fraction of sp³-hybridized carbons (Fsp3) is 0.452. The molecule has 1 aliphatic carbocycles. The van der Waals surface area contributed by atoms with Gasteiger partial charge in [-0.2, -0.15) is 0 Å². The van der Waals surface area contributed by atoms with E-state index in [0.29, 0.717) is 6.42 Å². The first-order valence-corrected chi connectivity index (χ1v) is 14.1. The van der Waals surface area contributed by atoms with Gasteiger partial charge in [-0.1, -0.05) is 29.8 Å². The number of carbonyl (C=O) groups excluding carboxylic acids is 1. The second-order valence-corrected chi connectivity index (χ2v) is 10.9. The summed E-state index contributed by atoms with van der Waals surface area (Å²) in [5.41, 5.74) is 6.17. The molecule has 2 fully saturated rings. The van der Waals surface area contributed by atoms with Crippen LogP contribution in [0.3, 0.4) is 0 Å². The van der Waals surface area contributed by atoms with Crippen LogP contribution in [-0.2, 0) is 11.2 Å². The molecule has 0 unspecified atom stereocenters. The monoisotopic (exact) mass is 512 g/mol. The first-order valence-electron chi connectivity index (χ1n) is 14.1. The van der Waals surface area contributed by atoms with Gasteiger partial charge in [0.1, 0.15) is 11.5 Å². The van der Waals surface area contributed by atoms with Gasteiger partial charge in [0.25, 0.3) is 0 Å². The number of hydrogen-bond acceptors (Lipinski definition) is 6. The number of benzene rings is 1. The number of aromatic nitrogens is 1. The molecule has 6 rings (SSSR count). The van der Waals surface area contributed by atoms with Gasteiger partial charge >= 0.3 is 0 Å². The molecule has 1 aromatic carbocycles. The minimum absolute atomic E-state index is 0.288. The highest BCUT2D eigenvalue weighted by molar-refractivity contribution is 6.04. The Morgan fingerprint density at radius 1 is 0.947 bits per heavy atom. The average Bonchev–Trinajstić information content (AvgIpc) is 3.61. The highest BCUT2D eigenvalue weighted by Gasteiger charge is 2.28. The number of rotatable bonds is 6. The quantitative estimate of drug-likeness (QED) is 0.338. The van der Waals surface area contributed by atoms with Crippen molar-refractivity contribution < 1.29 is 14.4 Å². The van der Waals surface area contributed by atoms with Crippen LogP contribution in [0.1, 0.15) is 67.8 Å². The fourth-order valence-electron chi connectivity index (χ4n) is 6.29. The summed E-state index contributed by atoms with van der Waals surface area (Å²) in [6, 6.07) is 12.5. The van der Waals surface area contributed by atoms with Gasteiger partial charge in [-0.25, -0.2) is 0 Å². The number of furan rings is 1. The van der Waals surface area contributed by atoms with Crippen molar-refractivity contribution in [2.75, 3.05) is 32.7 Å². The van der Waals surface area contributed by atoms with Crippen molar-refractivity contribution in [3.05, 3.63) is 65.7 Å². The summed E-state index contributed by atoms with van der Waals surface area (Å²) in [4.78, 5) is 21.6. The molecular formula is C31H36N4O3. The van der Waals surface area contributed by atoms with Gasteiger partial charge in [-0.3, -0.25) is 9.78 Å². The molecular weight excluding hydrogens is 476 g/mol. The number of nitrogens with zero attached hydrogens (tertiary/aromatic N) is 4. The van der Waals surface area contributed by atoms with E-state index in [1.165, 1.54) is 24.8 Å². The van der Waals surface area contributed by atoms with Crippen molar-refractivity contribution in [1.82, 2.24) is 14.8 Å². The van der Waals surface area contributed by atoms with Crippen LogP contribution in [0, 0.1) is 0 Å². The van der Waals surface area contributed by atoms with E-state index in [2.05, 4.69) is 44.2 Å². The van der Waals surface area contributed by atoms with Crippen molar-refractivity contribution in [2.45, 2.75) is 57.3 Å². The summed E-state index contributed by atoms with van der Waals surface area (Å²) in [5.74, 6) is 2.43. The Bertz CT molecular complexity index is 1300. The number of fused-ring (bicyclic) bond motifs is 1. The third kappa shape index (κ3) is 5.12. The Balaban J connectivity index is 1.18. The molecule has 3 aliphatic rings. The van der Waals surface area contributed by atoms with E-state index in [1.54, 1.807) is 12.4 Å². The van der Waals surface area contributed by atoms with E-state index in [4.69, 9.17) is 4.42 Å². The summed E-state index contributed by atoms with van der Waals surface area (Å²) in [6.07, 6.45) is 11.5. The molecule has 3 aromatic rings. The molecule has 1 amide bonds. The zero-order chi connectivity index (χ0) is 25.9. The van der Waals surface area contributed by atoms with Gasteiger partial charge in [0, 0.05) is 61.1 Å². The maximum absolute atomic E-state index is 12.9. The molecule has 2 aromatic heterocycles. The molecule has 198 valence electrons. The van der Waals surface area contributed by atoms with Crippen LogP contribution in [-0.4, -0.2) is 64.3 Å². The predicted octanol–water partition coefficient (Wildman–Crippen LogP) is 5.72. The van der Waals surface area contributed by atoms with Crippen molar-refractivity contribution in [3.63, 3.8) is 0 Å². The normalized spacial score (nSPS) is 19.7. The molecule has 0 radical (unpaired) electrons. The van der Waals surface area contributed by atoms with E-state index < -0.39 is 0 Å². The van der Waals surface area contributed by atoms with Crippen LogP contribution in [0.2, 0.25) is 0 Å². The number of oxime groups is 1. The SMILES string of the molecule is O=C(CCN1CCCCC1)N1CCC(c2cc(-c3ccc4c(c3)CC/C4=N\O)c(-c3ccncc3)o2)CC1. The van der Waals surface area contributed by atoms with Crippen LogP contribution >= 0.6 is 0 Å². The van der Waals surface area contributed by atoms with Crippen LogP contribution < -0.4 is 0 Å². The van der Waals surface area contributed by atoms with Gasteiger partial charge in [0.15, 0.2) is 0 Å². The van der Waals surface area contributed by atoms with E-state index >= 15 is 0 Å². The Labute approximate surface area is 224 Å². The lowest BCUT2D eigenvalue weighted by Crippen LogP contribution is -2.40. The van der Waals surface area contributed by atoms with E-state index in [-0.39, 0.29) is 11.8 Å². The van der Waals surface area contributed by atoms with Crippen molar-refractivity contribution in [1.29, 1.82) is 0 Å². The lowest BCUT2D eigenvalue weighted by molar-refractivity contribution is -0.132. The summed E-state index contributed by atoms with van der Waals surface area (Å²) in [7, 11) is 0. The smallest absolute Gasteiger partial charge is 0.223 e. The largest absolute Gasteiger partial charge is 0.460 e. The Morgan fingerprint density at radius 2 is 1.74 bits per heavy atom. The maximum atomic E-state index is 12.9. The molecule has 2 saturated heterocycles. The highest BCUT2D eigenvalue weighted by atomic mass is 16.4. The topological polar surface area (TPSA) is 82.2 Å². The summed E-state index contributed by atoms with van der Waals surface area (Å²) >= 11 is 0. The summed E-state index contributed by atoms with van der Waals surface area (Å²) < 4.78 is 6.58. The Hall–Kier alpha value is -3.45. The number of aryl methyl sites for hydroxylation is 1. The first kappa shape index (κ1) is 24.9. The van der Waals surface area contributed by atoms with E-state index in [0.717, 1.165) is 97.9 Å². The molecule has 2 aliphatic heterocycles. The molecule has 7 nitrogen and oxygen atoms in total. The fourth-order valence-corrected chi connectivity index (χ4v) is 6.29. The molecule has 7 heteroatoms. The standard InChI is InChI=1S/C31H36N4O3/c36-30(12-17-34-15-2-1-3-16-34)35-18-10-22(11-19-35)29-21-27(31(38-29)23-8-13-32-14-9-23)25-4-6-26-24(20-25)5-7-28(26)33-37/h4,6,8-9,13-14,20-22,37H,1-3,5,7,10-12,15-19H2/b33-28+. The van der Waals surface area contributed by atoms with Crippen LogP contribution in [0.25, 0.3) is 22.5 Å². The summed E-state index contributed by atoms with van der Waals surface area (Å²) in [6.45, 7) is 4.73. The third-order valence-electron chi connectivity index (χ3n) is 8.51. The molecule has 4 heterocycles. The first-order chi connectivity index (χ1) is 18.7. The van der Waals surface area contributed by atoms with Crippen LogP contribution in [0.5, 0.6) is 0 Å². The lowest BCUT2D eigenvalue weighted by Gasteiger charge is -2.32. The van der Waals surface area contributed by atoms with Gasteiger partial charge in [-0.15, -0.1) is 0 Å². The van der Waals surface area contributed by atoms with E-state index in [9.17, 15) is 10.0 Å². The second-order valence-electron chi connectivity index (χ2n) is 10.9. The van der Waals surface area contributed by atoms with Crippen LogP contribution in [0.15, 0.2) is 58.4 Å². The number of likely N-dealkylation sites (tertiary alicyclic amines) is 2. The molecule has 1 N–H and O–H groups in total. The van der Waals surface area contributed by atoms with Gasteiger partial charge in [-0.05, 0) is 80.9 Å². The second kappa shape index (κ2) is 11.1. The number of carbonyl (C=O) groups is 1. The van der Waals surface area contributed by atoms with Gasteiger partial charge in [0.2, 0.25) is 5.91 Å². The predicted molar refractivity (Wildman–Crippen MR) is 147 cm³/mol. The highest BCUT2D eigenvalue weighted by Crippen LogP contribution is 2.41. The average molecular weight is 513 g/mol. The molecule has 0 bridgehead atoms. The van der Waals surface area contributed by atoms with Gasteiger partial charge < -0.3 is 19.4 Å². The van der Waals surface area contributed by atoms with Crippen LogP contribution in [0.4, 0.5) is 0 Å². The van der Waals surface area contributed by atoms with Crippen molar-refractivity contribution in [3.8, 4) is 22.5 Å². The van der Waals surface area contributed by atoms with E-state index in [1.807, 2.05) is 12.1 Å². The number of hydrogen-bond donors (Lipinski definition) is 1. The van der Waals surface area contributed by atoms with Crippen molar-refractivity contribution >= 4 is 11.6 Å².